The maximum atomic E-state index is 11.9. The molecule has 3 rings (SSSR count). The molecule has 130 valence electrons. The third kappa shape index (κ3) is 3.64. The van der Waals surface area contributed by atoms with Gasteiger partial charge in [-0.1, -0.05) is 6.92 Å². The topological polar surface area (TPSA) is 55.2 Å². The van der Waals surface area contributed by atoms with Crippen molar-refractivity contribution in [3.63, 3.8) is 0 Å². The van der Waals surface area contributed by atoms with Crippen molar-refractivity contribution in [2.75, 3.05) is 23.7 Å². The monoisotopic (exact) mass is 347 g/mol. The highest BCUT2D eigenvalue weighted by molar-refractivity contribution is 7.91. The molecule has 0 bridgehead atoms. The van der Waals surface area contributed by atoms with Gasteiger partial charge in [0.25, 0.3) is 0 Å². The standard InChI is InChI=1S/C18H25N3O2S/c1-3-24(22,23)17-8-6-16(7-9-17)21-11-4-5-15(14-21)13-18-19-10-12-20(18)2/h6-10,12,15H,3-5,11,13-14H2,1-2H3/t15-/m1/s1. The number of rotatable bonds is 5. The first-order chi connectivity index (χ1) is 11.5. The molecule has 0 N–H and O–H groups in total. The van der Waals surface area contributed by atoms with Crippen molar-refractivity contribution in [2.45, 2.75) is 31.1 Å². The lowest BCUT2D eigenvalue weighted by Gasteiger charge is -2.34. The summed E-state index contributed by atoms with van der Waals surface area (Å²) in [5.74, 6) is 1.85. The summed E-state index contributed by atoms with van der Waals surface area (Å²) in [6.07, 6.45) is 7.20. The quantitative estimate of drug-likeness (QED) is 0.834. The fourth-order valence-electron chi connectivity index (χ4n) is 3.35. The molecule has 0 radical (unpaired) electrons. The van der Waals surface area contributed by atoms with Crippen molar-refractivity contribution >= 4 is 15.5 Å². The molecule has 0 unspecified atom stereocenters. The lowest BCUT2D eigenvalue weighted by molar-refractivity contribution is 0.403. The Balaban J connectivity index is 1.69. The van der Waals surface area contributed by atoms with Gasteiger partial charge in [-0.15, -0.1) is 0 Å². The molecule has 2 heterocycles. The Morgan fingerprint density at radius 1 is 1.25 bits per heavy atom. The number of hydrogen-bond acceptors (Lipinski definition) is 4. The number of aryl methyl sites for hydroxylation is 1. The average Bonchev–Trinajstić information content (AvgIpc) is 3.00. The van der Waals surface area contributed by atoms with Gasteiger partial charge in [-0.25, -0.2) is 13.4 Å². The highest BCUT2D eigenvalue weighted by Gasteiger charge is 2.22. The van der Waals surface area contributed by atoms with E-state index in [0.717, 1.165) is 37.4 Å². The van der Waals surface area contributed by atoms with Crippen LogP contribution in [-0.4, -0.2) is 36.8 Å². The lowest BCUT2D eigenvalue weighted by Crippen LogP contribution is -2.36. The van der Waals surface area contributed by atoms with Gasteiger partial charge < -0.3 is 9.47 Å². The zero-order chi connectivity index (χ0) is 17.2. The molecule has 1 aliphatic heterocycles. The highest BCUT2D eigenvalue weighted by atomic mass is 32.2. The van der Waals surface area contributed by atoms with E-state index >= 15 is 0 Å². The molecule has 0 spiro atoms. The van der Waals surface area contributed by atoms with Crippen LogP contribution < -0.4 is 4.90 Å². The summed E-state index contributed by atoms with van der Waals surface area (Å²) in [6, 6.07) is 7.34. The molecule has 0 aliphatic carbocycles. The molecular formula is C18H25N3O2S. The van der Waals surface area contributed by atoms with Gasteiger partial charge in [0, 0.05) is 44.6 Å². The fourth-order valence-corrected chi connectivity index (χ4v) is 4.23. The fraction of sp³-hybridized carbons (Fsp3) is 0.500. The smallest absolute Gasteiger partial charge is 0.178 e. The molecule has 1 fully saturated rings. The van der Waals surface area contributed by atoms with Crippen molar-refractivity contribution in [1.29, 1.82) is 0 Å². The molecular weight excluding hydrogens is 322 g/mol. The number of piperidine rings is 1. The van der Waals surface area contributed by atoms with E-state index in [1.165, 1.54) is 6.42 Å². The minimum atomic E-state index is -3.13. The molecule has 1 aliphatic rings. The van der Waals surface area contributed by atoms with E-state index in [1.807, 2.05) is 31.6 Å². The van der Waals surface area contributed by atoms with E-state index in [0.29, 0.717) is 10.8 Å². The molecule has 2 aromatic rings. The van der Waals surface area contributed by atoms with Crippen molar-refractivity contribution in [2.24, 2.45) is 13.0 Å². The molecule has 0 amide bonds. The number of hydrogen-bond donors (Lipinski definition) is 0. The second-order valence-electron chi connectivity index (χ2n) is 6.51. The molecule has 24 heavy (non-hydrogen) atoms. The molecule has 1 atom stereocenters. The van der Waals surface area contributed by atoms with Gasteiger partial charge in [0.05, 0.1) is 10.6 Å². The second-order valence-corrected chi connectivity index (χ2v) is 8.79. The first-order valence-corrected chi connectivity index (χ1v) is 10.2. The maximum absolute atomic E-state index is 11.9. The van der Waals surface area contributed by atoms with Gasteiger partial charge >= 0.3 is 0 Å². The van der Waals surface area contributed by atoms with Crippen molar-refractivity contribution in [1.82, 2.24) is 9.55 Å². The Hall–Kier alpha value is -1.82. The maximum Gasteiger partial charge on any atom is 0.178 e. The van der Waals surface area contributed by atoms with Gasteiger partial charge in [0.15, 0.2) is 9.84 Å². The first kappa shape index (κ1) is 17.0. The third-order valence-corrected chi connectivity index (χ3v) is 6.60. The Kier molecular flexibility index (Phi) is 4.94. The van der Waals surface area contributed by atoms with Crippen LogP contribution in [0, 0.1) is 5.92 Å². The predicted molar refractivity (Wildman–Crippen MR) is 96.0 cm³/mol. The number of benzene rings is 1. The average molecular weight is 347 g/mol. The highest BCUT2D eigenvalue weighted by Crippen LogP contribution is 2.26. The zero-order valence-corrected chi connectivity index (χ0v) is 15.2. The zero-order valence-electron chi connectivity index (χ0n) is 14.4. The van der Waals surface area contributed by atoms with Gasteiger partial charge in [0.2, 0.25) is 0 Å². The minimum Gasteiger partial charge on any atom is -0.371 e. The second kappa shape index (κ2) is 6.97. The summed E-state index contributed by atoms with van der Waals surface area (Å²) in [7, 11) is -1.09. The van der Waals surface area contributed by atoms with Gasteiger partial charge in [-0.3, -0.25) is 0 Å². The normalized spacial score (nSPS) is 18.8. The minimum absolute atomic E-state index is 0.141. The Morgan fingerprint density at radius 2 is 2.00 bits per heavy atom. The summed E-state index contributed by atoms with van der Waals surface area (Å²) in [5.41, 5.74) is 1.11. The van der Waals surface area contributed by atoms with E-state index in [4.69, 9.17) is 0 Å². The summed E-state index contributed by atoms with van der Waals surface area (Å²) in [4.78, 5) is 7.21. The molecule has 1 saturated heterocycles. The van der Waals surface area contributed by atoms with Crippen LogP contribution in [0.15, 0.2) is 41.6 Å². The van der Waals surface area contributed by atoms with Gasteiger partial charge in [0.1, 0.15) is 5.82 Å². The van der Waals surface area contributed by atoms with E-state index < -0.39 is 9.84 Å². The summed E-state index contributed by atoms with van der Waals surface area (Å²) < 4.78 is 25.9. The molecule has 1 aromatic carbocycles. The molecule has 5 nitrogen and oxygen atoms in total. The van der Waals surface area contributed by atoms with Crippen LogP contribution in [0.2, 0.25) is 0 Å². The largest absolute Gasteiger partial charge is 0.371 e. The predicted octanol–water partition coefficient (Wildman–Crippen LogP) is 2.67. The lowest BCUT2D eigenvalue weighted by atomic mass is 9.94. The van der Waals surface area contributed by atoms with Gasteiger partial charge in [-0.05, 0) is 43.0 Å². The first-order valence-electron chi connectivity index (χ1n) is 8.53. The van der Waals surface area contributed by atoms with E-state index in [1.54, 1.807) is 19.1 Å². The van der Waals surface area contributed by atoms with Crippen molar-refractivity contribution < 1.29 is 8.42 Å². The number of nitrogens with zero attached hydrogens (tertiary/aromatic N) is 3. The van der Waals surface area contributed by atoms with E-state index in [9.17, 15) is 8.42 Å². The Bertz CT molecular complexity index is 781. The van der Waals surface area contributed by atoms with E-state index in [2.05, 4.69) is 14.5 Å². The Morgan fingerprint density at radius 3 is 2.62 bits per heavy atom. The third-order valence-electron chi connectivity index (χ3n) is 4.85. The van der Waals surface area contributed by atoms with Crippen LogP contribution in [-0.2, 0) is 23.3 Å². The van der Waals surface area contributed by atoms with Crippen molar-refractivity contribution in [3.8, 4) is 0 Å². The number of imidazole rings is 1. The number of anilines is 1. The molecule has 6 heteroatoms. The van der Waals surface area contributed by atoms with Crippen molar-refractivity contribution in [3.05, 3.63) is 42.5 Å². The van der Waals surface area contributed by atoms with Crippen LogP contribution in [0.5, 0.6) is 0 Å². The molecule has 0 saturated carbocycles. The molecule has 1 aromatic heterocycles. The number of sulfone groups is 1. The van der Waals surface area contributed by atoms with Crippen LogP contribution in [0.1, 0.15) is 25.6 Å². The number of aromatic nitrogens is 2. The van der Waals surface area contributed by atoms with E-state index in [-0.39, 0.29) is 5.75 Å². The Labute approximate surface area is 144 Å². The summed E-state index contributed by atoms with van der Waals surface area (Å²) in [6.45, 7) is 3.69. The van der Waals surface area contributed by atoms with Crippen LogP contribution in [0.3, 0.4) is 0 Å². The summed E-state index contributed by atoms with van der Waals surface area (Å²) >= 11 is 0. The van der Waals surface area contributed by atoms with Gasteiger partial charge in [-0.2, -0.15) is 0 Å². The van der Waals surface area contributed by atoms with Crippen LogP contribution in [0.4, 0.5) is 5.69 Å². The van der Waals surface area contributed by atoms with Crippen LogP contribution >= 0.6 is 0 Å². The van der Waals surface area contributed by atoms with Crippen LogP contribution in [0.25, 0.3) is 0 Å². The SMILES string of the molecule is CCS(=O)(=O)c1ccc(N2CCC[C@H](Cc3nccn3C)C2)cc1. The summed E-state index contributed by atoms with van der Waals surface area (Å²) in [5, 5.41) is 0.